The van der Waals surface area contributed by atoms with Crippen LogP contribution in [0.4, 0.5) is 0 Å². The van der Waals surface area contributed by atoms with Crippen molar-refractivity contribution in [3.63, 3.8) is 0 Å². The monoisotopic (exact) mass is 216 g/mol. The number of aliphatic hydroxyl groups excluding tert-OH is 1. The summed E-state index contributed by atoms with van der Waals surface area (Å²) in [6.45, 7) is 7.72. The zero-order valence-electron chi connectivity index (χ0n) is 10.1. The van der Waals surface area contributed by atoms with Crippen molar-refractivity contribution >= 4 is 5.91 Å². The van der Waals surface area contributed by atoms with E-state index >= 15 is 0 Å². The number of carbonyl (C=O) groups is 1. The molecule has 4 nitrogen and oxygen atoms in total. The molecule has 0 saturated heterocycles. The highest BCUT2D eigenvalue weighted by Crippen LogP contribution is 1.98. The van der Waals surface area contributed by atoms with Gasteiger partial charge >= 0.3 is 0 Å². The van der Waals surface area contributed by atoms with Crippen LogP contribution in [0.3, 0.4) is 0 Å². The largest absolute Gasteiger partial charge is 0.396 e. The molecule has 90 valence electrons. The van der Waals surface area contributed by atoms with Crippen molar-refractivity contribution in [3.8, 4) is 0 Å². The minimum atomic E-state index is -0.145. The number of unbranched alkanes of at least 4 members (excludes halogenated alkanes) is 1. The van der Waals surface area contributed by atoms with Gasteiger partial charge in [-0.15, -0.1) is 0 Å². The van der Waals surface area contributed by atoms with Crippen LogP contribution in [0, 0.1) is 0 Å². The number of rotatable bonds is 7. The SMILES string of the molecule is CC(C)(C)NC(=O)CCNCCCCO. The Balaban J connectivity index is 3.32. The lowest BCUT2D eigenvalue weighted by Crippen LogP contribution is -2.41. The van der Waals surface area contributed by atoms with Gasteiger partial charge < -0.3 is 15.7 Å². The first-order valence-electron chi connectivity index (χ1n) is 5.58. The highest BCUT2D eigenvalue weighted by molar-refractivity contribution is 5.76. The summed E-state index contributed by atoms with van der Waals surface area (Å²) in [7, 11) is 0. The molecule has 0 saturated carbocycles. The maximum atomic E-state index is 11.4. The van der Waals surface area contributed by atoms with E-state index in [0.29, 0.717) is 13.0 Å². The summed E-state index contributed by atoms with van der Waals surface area (Å²) in [6.07, 6.45) is 2.29. The van der Waals surface area contributed by atoms with Crippen LogP contribution in [0.25, 0.3) is 0 Å². The van der Waals surface area contributed by atoms with Crippen LogP contribution in [-0.2, 0) is 4.79 Å². The standard InChI is InChI=1S/C11H24N2O2/c1-11(2,3)13-10(15)6-8-12-7-4-5-9-14/h12,14H,4-9H2,1-3H3,(H,13,15). The molecule has 0 rings (SSSR count). The summed E-state index contributed by atoms with van der Waals surface area (Å²) in [4.78, 5) is 11.4. The molecule has 4 heteroatoms. The van der Waals surface area contributed by atoms with Crippen LogP contribution in [0.1, 0.15) is 40.0 Å². The van der Waals surface area contributed by atoms with Crippen molar-refractivity contribution in [3.05, 3.63) is 0 Å². The molecule has 15 heavy (non-hydrogen) atoms. The number of hydrogen-bond acceptors (Lipinski definition) is 3. The first-order valence-corrected chi connectivity index (χ1v) is 5.58. The van der Waals surface area contributed by atoms with Crippen LogP contribution in [0.2, 0.25) is 0 Å². The number of nitrogens with one attached hydrogen (secondary N) is 2. The number of carbonyl (C=O) groups excluding carboxylic acids is 1. The lowest BCUT2D eigenvalue weighted by atomic mass is 10.1. The Morgan fingerprint density at radius 3 is 2.40 bits per heavy atom. The van der Waals surface area contributed by atoms with E-state index < -0.39 is 0 Å². The lowest BCUT2D eigenvalue weighted by molar-refractivity contribution is -0.122. The lowest BCUT2D eigenvalue weighted by Gasteiger charge is -2.20. The van der Waals surface area contributed by atoms with Gasteiger partial charge in [0.1, 0.15) is 0 Å². The van der Waals surface area contributed by atoms with E-state index in [2.05, 4.69) is 10.6 Å². The van der Waals surface area contributed by atoms with Gasteiger partial charge in [0, 0.05) is 25.1 Å². The zero-order valence-corrected chi connectivity index (χ0v) is 10.1. The molecule has 0 aromatic carbocycles. The summed E-state index contributed by atoms with van der Waals surface area (Å²) >= 11 is 0. The van der Waals surface area contributed by atoms with Crippen molar-refractivity contribution in [2.24, 2.45) is 0 Å². The van der Waals surface area contributed by atoms with Gasteiger partial charge in [-0.05, 0) is 40.2 Å². The fourth-order valence-electron chi connectivity index (χ4n) is 1.17. The molecule has 0 spiro atoms. The Kier molecular flexibility index (Phi) is 7.34. The number of aliphatic hydroxyl groups is 1. The average Bonchev–Trinajstić information content (AvgIpc) is 2.08. The Morgan fingerprint density at radius 2 is 1.87 bits per heavy atom. The molecule has 1 amide bonds. The third-order valence-electron chi connectivity index (χ3n) is 1.80. The van der Waals surface area contributed by atoms with E-state index in [1.807, 2.05) is 20.8 Å². The molecule has 0 aliphatic rings. The Bertz CT molecular complexity index is 176. The van der Waals surface area contributed by atoms with Gasteiger partial charge in [-0.1, -0.05) is 0 Å². The highest BCUT2D eigenvalue weighted by atomic mass is 16.2. The molecule has 3 N–H and O–H groups in total. The van der Waals surface area contributed by atoms with Gasteiger partial charge in [-0.3, -0.25) is 4.79 Å². The Morgan fingerprint density at radius 1 is 1.20 bits per heavy atom. The summed E-state index contributed by atoms with van der Waals surface area (Å²) in [5.74, 6) is 0.0807. The second-order valence-corrected chi connectivity index (χ2v) is 4.73. The van der Waals surface area contributed by atoms with Gasteiger partial charge in [0.05, 0.1) is 0 Å². The highest BCUT2D eigenvalue weighted by Gasteiger charge is 2.12. The minimum Gasteiger partial charge on any atom is -0.396 e. The van der Waals surface area contributed by atoms with Gasteiger partial charge in [0.25, 0.3) is 0 Å². The molecular formula is C11H24N2O2. The van der Waals surface area contributed by atoms with E-state index in [4.69, 9.17) is 5.11 Å². The summed E-state index contributed by atoms with van der Waals surface area (Å²) < 4.78 is 0. The maximum Gasteiger partial charge on any atom is 0.221 e. The number of hydrogen-bond donors (Lipinski definition) is 3. The summed E-state index contributed by atoms with van der Waals surface area (Å²) in [5.41, 5.74) is -0.145. The topological polar surface area (TPSA) is 61.4 Å². The molecule has 0 fully saturated rings. The van der Waals surface area contributed by atoms with Crippen LogP contribution >= 0.6 is 0 Å². The fraction of sp³-hybridized carbons (Fsp3) is 0.909. The molecule has 0 aliphatic heterocycles. The van der Waals surface area contributed by atoms with E-state index in [1.165, 1.54) is 0 Å². The summed E-state index contributed by atoms with van der Waals surface area (Å²) in [6, 6.07) is 0. The van der Waals surface area contributed by atoms with Crippen molar-refractivity contribution in [2.45, 2.75) is 45.6 Å². The second kappa shape index (κ2) is 7.65. The Hall–Kier alpha value is -0.610. The molecule has 0 aromatic rings. The average molecular weight is 216 g/mol. The predicted octanol–water partition coefficient (Wildman–Crippen LogP) is 0.653. The van der Waals surface area contributed by atoms with Gasteiger partial charge in [-0.25, -0.2) is 0 Å². The fourth-order valence-corrected chi connectivity index (χ4v) is 1.17. The van der Waals surface area contributed by atoms with Crippen molar-refractivity contribution in [1.29, 1.82) is 0 Å². The van der Waals surface area contributed by atoms with Gasteiger partial charge in [0.2, 0.25) is 5.91 Å². The smallest absolute Gasteiger partial charge is 0.221 e. The van der Waals surface area contributed by atoms with E-state index in [0.717, 1.165) is 19.4 Å². The van der Waals surface area contributed by atoms with E-state index in [1.54, 1.807) is 0 Å². The zero-order chi connectivity index (χ0) is 11.7. The van der Waals surface area contributed by atoms with Crippen molar-refractivity contribution < 1.29 is 9.90 Å². The quantitative estimate of drug-likeness (QED) is 0.548. The van der Waals surface area contributed by atoms with Crippen molar-refractivity contribution in [1.82, 2.24) is 10.6 Å². The molecule has 0 bridgehead atoms. The minimum absolute atomic E-state index is 0.0807. The summed E-state index contributed by atoms with van der Waals surface area (Å²) in [5, 5.41) is 14.6. The Labute approximate surface area is 92.4 Å². The predicted molar refractivity (Wildman–Crippen MR) is 61.7 cm³/mol. The van der Waals surface area contributed by atoms with Gasteiger partial charge in [-0.2, -0.15) is 0 Å². The molecule has 0 unspecified atom stereocenters. The van der Waals surface area contributed by atoms with E-state index in [-0.39, 0.29) is 18.1 Å². The molecule has 0 atom stereocenters. The van der Waals surface area contributed by atoms with Crippen LogP contribution < -0.4 is 10.6 Å². The third-order valence-corrected chi connectivity index (χ3v) is 1.80. The first-order chi connectivity index (χ1) is 6.95. The van der Waals surface area contributed by atoms with Crippen LogP contribution in [0.15, 0.2) is 0 Å². The second-order valence-electron chi connectivity index (χ2n) is 4.73. The normalized spacial score (nSPS) is 11.5. The van der Waals surface area contributed by atoms with E-state index in [9.17, 15) is 4.79 Å². The molecule has 0 aromatic heterocycles. The van der Waals surface area contributed by atoms with Crippen LogP contribution in [-0.4, -0.2) is 36.2 Å². The van der Waals surface area contributed by atoms with Crippen molar-refractivity contribution in [2.75, 3.05) is 19.7 Å². The van der Waals surface area contributed by atoms with Crippen LogP contribution in [0.5, 0.6) is 0 Å². The molecule has 0 aliphatic carbocycles. The molecule has 0 heterocycles. The first kappa shape index (κ1) is 14.4. The molecule has 0 radical (unpaired) electrons. The number of amides is 1. The molecular weight excluding hydrogens is 192 g/mol. The van der Waals surface area contributed by atoms with Gasteiger partial charge in [0.15, 0.2) is 0 Å². The third kappa shape index (κ3) is 11.3. The maximum absolute atomic E-state index is 11.4.